The zero-order valence-electron chi connectivity index (χ0n) is 15.9. The summed E-state index contributed by atoms with van der Waals surface area (Å²) in [6.07, 6.45) is 0. The van der Waals surface area contributed by atoms with Crippen LogP contribution in [0.5, 0.6) is 0 Å². The monoisotopic (exact) mass is 401 g/mol. The number of nitrogens with one attached hydrogen (secondary N) is 1. The van der Waals surface area contributed by atoms with Crippen LogP contribution >= 0.6 is 0 Å². The van der Waals surface area contributed by atoms with Gasteiger partial charge in [-0.3, -0.25) is 9.00 Å². The molecule has 4 aromatic rings. The fourth-order valence-electron chi connectivity index (χ4n) is 3.83. The van der Waals surface area contributed by atoms with Gasteiger partial charge in [0.25, 0.3) is 5.91 Å². The second-order valence-corrected chi connectivity index (χ2v) is 8.64. The van der Waals surface area contributed by atoms with Crippen molar-refractivity contribution in [1.29, 1.82) is 0 Å². The van der Waals surface area contributed by atoms with Crippen molar-refractivity contribution in [1.82, 2.24) is 9.78 Å². The molecule has 144 valence electrons. The van der Waals surface area contributed by atoms with Crippen LogP contribution in [0, 0.1) is 6.92 Å². The van der Waals surface area contributed by atoms with Crippen LogP contribution in [0.1, 0.15) is 27.2 Å². The summed E-state index contributed by atoms with van der Waals surface area (Å²) < 4.78 is 13.9. The zero-order chi connectivity index (χ0) is 20.0. The van der Waals surface area contributed by atoms with Crippen LogP contribution in [0.4, 0.5) is 5.82 Å². The molecule has 0 bridgehead atoms. The van der Waals surface area contributed by atoms with Crippen molar-refractivity contribution >= 4 is 33.3 Å². The van der Waals surface area contributed by atoms with Crippen molar-refractivity contribution in [2.75, 3.05) is 5.32 Å². The van der Waals surface area contributed by atoms with E-state index in [0.29, 0.717) is 22.9 Å². The van der Waals surface area contributed by atoms with Crippen molar-refractivity contribution < 1.29 is 9.00 Å². The first-order valence-electron chi connectivity index (χ1n) is 9.42. The molecule has 1 N–H and O–H groups in total. The average Bonchev–Trinajstić information content (AvgIpc) is 3.24. The number of benzene rings is 3. The number of carbonyl (C=O) groups excluding carboxylic acids is 1. The summed E-state index contributed by atoms with van der Waals surface area (Å²) >= 11 is 0. The molecule has 0 spiro atoms. The number of hydrogen-bond acceptors (Lipinski definition) is 3. The summed E-state index contributed by atoms with van der Waals surface area (Å²) in [5.41, 5.74) is 4.21. The van der Waals surface area contributed by atoms with Crippen LogP contribution < -0.4 is 5.32 Å². The molecule has 3 aromatic carbocycles. The summed E-state index contributed by atoms with van der Waals surface area (Å²) in [6, 6.07) is 21.4. The van der Waals surface area contributed by atoms with Gasteiger partial charge in [0.2, 0.25) is 0 Å². The fourth-order valence-corrected chi connectivity index (χ4v) is 5.09. The van der Waals surface area contributed by atoms with E-state index >= 15 is 0 Å². The summed E-state index contributed by atoms with van der Waals surface area (Å²) in [5.74, 6) is 1.24. The lowest BCUT2D eigenvalue weighted by Crippen LogP contribution is -2.17. The first-order chi connectivity index (χ1) is 14.1. The van der Waals surface area contributed by atoms with Crippen molar-refractivity contribution in [2.24, 2.45) is 0 Å². The second-order valence-electron chi connectivity index (χ2n) is 7.18. The van der Waals surface area contributed by atoms with E-state index in [1.165, 1.54) is 0 Å². The van der Waals surface area contributed by atoms with Gasteiger partial charge in [-0.1, -0.05) is 54.6 Å². The van der Waals surface area contributed by atoms with Crippen LogP contribution in [-0.2, 0) is 22.3 Å². The number of fused-ring (bicyclic) bond motifs is 2. The van der Waals surface area contributed by atoms with Gasteiger partial charge in [0.05, 0.1) is 22.9 Å². The molecular formula is C23H19N3O2S. The second kappa shape index (κ2) is 6.97. The Kier molecular flexibility index (Phi) is 4.28. The highest BCUT2D eigenvalue weighted by Gasteiger charge is 2.29. The molecule has 2 heterocycles. The minimum absolute atomic E-state index is 0.197. The van der Waals surface area contributed by atoms with E-state index in [1.807, 2.05) is 73.7 Å². The van der Waals surface area contributed by atoms with Gasteiger partial charge < -0.3 is 5.32 Å². The average molecular weight is 401 g/mol. The van der Waals surface area contributed by atoms with E-state index in [0.717, 1.165) is 33.3 Å². The van der Waals surface area contributed by atoms with Crippen molar-refractivity contribution in [2.45, 2.75) is 18.4 Å². The molecule has 6 heteroatoms. The van der Waals surface area contributed by atoms with E-state index in [2.05, 4.69) is 5.32 Å². The van der Waals surface area contributed by atoms with Crippen LogP contribution in [0.2, 0.25) is 0 Å². The maximum atomic E-state index is 13.2. The molecule has 0 saturated heterocycles. The molecule has 0 fully saturated rings. The minimum atomic E-state index is -0.977. The Balaban J connectivity index is 1.62. The Bertz CT molecular complexity index is 1290. The molecule has 0 saturated carbocycles. The van der Waals surface area contributed by atoms with Gasteiger partial charge in [0, 0.05) is 21.9 Å². The van der Waals surface area contributed by atoms with E-state index in [4.69, 9.17) is 5.10 Å². The smallest absolute Gasteiger partial charge is 0.257 e. The van der Waals surface area contributed by atoms with Gasteiger partial charge in [-0.05, 0) is 35.4 Å². The Morgan fingerprint density at radius 3 is 2.62 bits per heavy atom. The molecule has 1 aliphatic rings. The SMILES string of the molecule is Cc1ccccc1-n1nc2c(c1NC(=O)c1cccc3ccccc13)C[S@](=O)C2. The van der Waals surface area contributed by atoms with Gasteiger partial charge in [0.15, 0.2) is 0 Å². The first kappa shape index (κ1) is 17.8. The number of aryl methyl sites for hydroxylation is 1. The van der Waals surface area contributed by atoms with Gasteiger partial charge >= 0.3 is 0 Å². The van der Waals surface area contributed by atoms with Crippen molar-refractivity contribution in [3.63, 3.8) is 0 Å². The number of amides is 1. The van der Waals surface area contributed by atoms with Gasteiger partial charge in [-0.15, -0.1) is 0 Å². The van der Waals surface area contributed by atoms with Crippen LogP contribution in [0.3, 0.4) is 0 Å². The Hall–Kier alpha value is -3.25. The summed E-state index contributed by atoms with van der Waals surface area (Å²) in [6.45, 7) is 2.01. The zero-order valence-corrected chi connectivity index (χ0v) is 16.7. The quantitative estimate of drug-likeness (QED) is 0.555. The maximum absolute atomic E-state index is 13.2. The highest BCUT2D eigenvalue weighted by Crippen LogP contribution is 2.32. The largest absolute Gasteiger partial charge is 0.306 e. The van der Waals surface area contributed by atoms with Gasteiger partial charge in [0.1, 0.15) is 5.82 Å². The third-order valence-electron chi connectivity index (χ3n) is 5.28. The molecule has 29 heavy (non-hydrogen) atoms. The molecule has 0 radical (unpaired) electrons. The van der Waals surface area contributed by atoms with Crippen LogP contribution in [-0.4, -0.2) is 19.9 Å². The summed E-state index contributed by atoms with van der Waals surface area (Å²) in [5, 5.41) is 9.67. The molecular weight excluding hydrogens is 382 g/mol. The van der Waals surface area contributed by atoms with Crippen LogP contribution in [0.25, 0.3) is 16.5 Å². The van der Waals surface area contributed by atoms with Crippen LogP contribution in [0.15, 0.2) is 66.7 Å². The maximum Gasteiger partial charge on any atom is 0.257 e. The summed E-state index contributed by atoms with van der Waals surface area (Å²) in [7, 11) is -0.977. The topological polar surface area (TPSA) is 64.0 Å². The number of aromatic nitrogens is 2. The molecule has 1 aromatic heterocycles. The van der Waals surface area contributed by atoms with E-state index in [1.54, 1.807) is 4.68 Å². The predicted molar refractivity (Wildman–Crippen MR) is 116 cm³/mol. The lowest BCUT2D eigenvalue weighted by atomic mass is 10.0. The predicted octanol–water partition coefficient (Wildman–Crippen LogP) is 4.35. The van der Waals surface area contributed by atoms with Crippen molar-refractivity contribution in [3.05, 3.63) is 89.1 Å². The molecule has 1 aliphatic heterocycles. The number of hydrogen-bond donors (Lipinski definition) is 1. The third kappa shape index (κ3) is 3.06. The number of carbonyl (C=O) groups is 1. The number of para-hydroxylation sites is 1. The van der Waals surface area contributed by atoms with E-state index in [-0.39, 0.29) is 5.91 Å². The highest BCUT2D eigenvalue weighted by atomic mass is 32.2. The Morgan fingerprint density at radius 1 is 1.00 bits per heavy atom. The lowest BCUT2D eigenvalue weighted by Gasteiger charge is -2.13. The third-order valence-corrected chi connectivity index (χ3v) is 6.49. The van der Waals surface area contributed by atoms with Crippen molar-refractivity contribution in [3.8, 4) is 5.69 Å². The summed E-state index contributed by atoms with van der Waals surface area (Å²) in [4.78, 5) is 13.2. The number of rotatable bonds is 3. The fraction of sp³-hybridized carbons (Fsp3) is 0.130. The number of nitrogens with zero attached hydrogens (tertiary/aromatic N) is 2. The lowest BCUT2D eigenvalue weighted by molar-refractivity contribution is 0.102. The molecule has 0 unspecified atom stereocenters. The van der Waals surface area contributed by atoms with E-state index in [9.17, 15) is 9.00 Å². The standard InChI is InChI=1S/C23H19N3O2S/c1-15-7-2-5-12-21(15)26-22(19-13-29(28)14-20(19)25-26)24-23(27)18-11-6-9-16-8-3-4-10-17(16)18/h2-12H,13-14H2,1H3,(H,24,27)/t29-/m0/s1. The molecule has 5 nitrogen and oxygen atoms in total. The Morgan fingerprint density at radius 2 is 1.76 bits per heavy atom. The van der Waals surface area contributed by atoms with Gasteiger partial charge in [-0.2, -0.15) is 5.10 Å². The highest BCUT2D eigenvalue weighted by molar-refractivity contribution is 7.83. The minimum Gasteiger partial charge on any atom is -0.306 e. The Labute approximate surface area is 170 Å². The molecule has 5 rings (SSSR count). The first-order valence-corrected chi connectivity index (χ1v) is 10.9. The van der Waals surface area contributed by atoms with E-state index < -0.39 is 10.8 Å². The molecule has 0 aliphatic carbocycles. The molecule has 1 amide bonds. The molecule has 1 atom stereocenters. The normalized spacial score (nSPS) is 15.4. The van der Waals surface area contributed by atoms with Gasteiger partial charge in [-0.25, -0.2) is 4.68 Å². The number of anilines is 1.